The van der Waals surface area contributed by atoms with Gasteiger partial charge in [0, 0.05) is 6.07 Å². The van der Waals surface area contributed by atoms with E-state index in [4.69, 9.17) is 11.6 Å². The molecule has 1 aromatic rings. The van der Waals surface area contributed by atoms with Crippen LogP contribution in [0.2, 0.25) is 5.02 Å². The maximum absolute atomic E-state index is 11.4. The van der Waals surface area contributed by atoms with Crippen LogP contribution in [-0.2, 0) is 10.0 Å². The zero-order valence-corrected chi connectivity index (χ0v) is 10.6. The second-order valence-corrected chi connectivity index (χ2v) is 5.59. The van der Waals surface area contributed by atoms with Gasteiger partial charge in [0.1, 0.15) is 5.02 Å². The average molecular weight is 279 g/mol. The van der Waals surface area contributed by atoms with Crippen molar-refractivity contribution in [3.8, 4) is 0 Å². The molecule has 0 unspecified atom stereocenters. The van der Waals surface area contributed by atoms with Crippen molar-refractivity contribution in [2.45, 2.75) is 13.3 Å². The van der Waals surface area contributed by atoms with Gasteiger partial charge >= 0.3 is 0 Å². The van der Waals surface area contributed by atoms with Crippen molar-refractivity contribution in [1.29, 1.82) is 0 Å². The first-order valence-electron chi connectivity index (χ1n) is 4.80. The number of nitrogens with zero attached hydrogens (tertiary/aromatic N) is 1. The van der Waals surface area contributed by atoms with Crippen molar-refractivity contribution in [2.75, 3.05) is 10.5 Å². The summed E-state index contributed by atoms with van der Waals surface area (Å²) in [5, 5.41) is 10.4. The lowest BCUT2D eigenvalue weighted by atomic mass is 10.3. The maximum atomic E-state index is 11.4. The van der Waals surface area contributed by atoms with Gasteiger partial charge in [-0.05, 0) is 18.6 Å². The Labute approximate surface area is 104 Å². The van der Waals surface area contributed by atoms with Gasteiger partial charge in [-0.1, -0.05) is 18.5 Å². The predicted molar refractivity (Wildman–Crippen MR) is 65.8 cm³/mol. The largest absolute Gasteiger partial charge is 0.288 e. The molecule has 1 aromatic carbocycles. The topological polar surface area (TPSA) is 89.3 Å². The van der Waals surface area contributed by atoms with Gasteiger partial charge in [0.15, 0.2) is 0 Å². The van der Waals surface area contributed by atoms with Crippen LogP contribution in [0.5, 0.6) is 0 Å². The van der Waals surface area contributed by atoms with E-state index in [0.717, 1.165) is 6.07 Å². The SMILES string of the molecule is CCCS(=O)(=O)Nc1ccc([N+](=O)[O-])c(Cl)c1. The molecule has 0 saturated carbocycles. The van der Waals surface area contributed by atoms with E-state index in [0.29, 0.717) is 6.42 Å². The van der Waals surface area contributed by atoms with Crippen LogP contribution in [-0.4, -0.2) is 19.1 Å². The van der Waals surface area contributed by atoms with Crippen LogP contribution in [0, 0.1) is 10.1 Å². The number of sulfonamides is 1. The van der Waals surface area contributed by atoms with Crippen LogP contribution in [0.3, 0.4) is 0 Å². The third-order valence-corrected chi connectivity index (χ3v) is 3.69. The second-order valence-electron chi connectivity index (χ2n) is 3.34. The van der Waals surface area contributed by atoms with Crippen LogP contribution in [0.1, 0.15) is 13.3 Å². The quantitative estimate of drug-likeness (QED) is 0.661. The summed E-state index contributed by atoms with van der Waals surface area (Å²) in [6.45, 7) is 1.74. The number of nitrogens with one attached hydrogen (secondary N) is 1. The van der Waals surface area contributed by atoms with E-state index in [-0.39, 0.29) is 22.2 Å². The lowest BCUT2D eigenvalue weighted by molar-refractivity contribution is -0.384. The number of anilines is 1. The van der Waals surface area contributed by atoms with Crippen molar-refractivity contribution in [3.63, 3.8) is 0 Å². The molecule has 0 amide bonds. The third kappa shape index (κ3) is 3.86. The van der Waals surface area contributed by atoms with E-state index < -0.39 is 14.9 Å². The van der Waals surface area contributed by atoms with E-state index >= 15 is 0 Å². The second kappa shape index (κ2) is 5.33. The maximum Gasteiger partial charge on any atom is 0.288 e. The van der Waals surface area contributed by atoms with Gasteiger partial charge in [0.05, 0.1) is 16.4 Å². The minimum atomic E-state index is -3.41. The first-order chi connectivity index (χ1) is 7.85. The van der Waals surface area contributed by atoms with Crippen molar-refractivity contribution in [3.05, 3.63) is 33.3 Å². The number of halogens is 1. The van der Waals surface area contributed by atoms with Gasteiger partial charge in [-0.3, -0.25) is 14.8 Å². The van der Waals surface area contributed by atoms with E-state index in [1.54, 1.807) is 6.92 Å². The number of benzene rings is 1. The Morgan fingerprint density at radius 3 is 2.59 bits per heavy atom. The molecule has 0 atom stereocenters. The molecular formula is C9H11ClN2O4S. The number of nitro groups is 1. The van der Waals surface area contributed by atoms with Gasteiger partial charge in [-0.15, -0.1) is 0 Å². The number of hydrogen-bond acceptors (Lipinski definition) is 4. The molecule has 0 fully saturated rings. The highest BCUT2D eigenvalue weighted by atomic mass is 35.5. The predicted octanol–water partition coefficient (Wildman–Crippen LogP) is 2.40. The molecule has 6 nitrogen and oxygen atoms in total. The minimum Gasteiger partial charge on any atom is -0.283 e. The first-order valence-corrected chi connectivity index (χ1v) is 6.83. The molecule has 0 saturated heterocycles. The molecule has 0 radical (unpaired) electrons. The van der Waals surface area contributed by atoms with Crippen LogP contribution >= 0.6 is 11.6 Å². The monoisotopic (exact) mass is 278 g/mol. The first kappa shape index (κ1) is 13.7. The van der Waals surface area contributed by atoms with Crippen molar-refractivity contribution < 1.29 is 13.3 Å². The minimum absolute atomic E-state index is 0.0123. The summed E-state index contributed by atoms with van der Waals surface area (Å²) in [4.78, 5) is 9.87. The highest BCUT2D eigenvalue weighted by Gasteiger charge is 2.14. The number of rotatable bonds is 5. The Morgan fingerprint density at radius 2 is 2.12 bits per heavy atom. The molecule has 1 rings (SSSR count). The van der Waals surface area contributed by atoms with E-state index in [1.165, 1.54) is 12.1 Å². The molecule has 8 heteroatoms. The molecule has 94 valence electrons. The number of hydrogen-bond donors (Lipinski definition) is 1. The zero-order valence-electron chi connectivity index (χ0n) is 9.01. The van der Waals surface area contributed by atoms with Gasteiger partial charge in [-0.2, -0.15) is 0 Å². The van der Waals surface area contributed by atoms with Gasteiger partial charge in [0.25, 0.3) is 5.69 Å². The summed E-state index contributed by atoms with van der Waals surface area (Å²) >= 11 is 5.65. The van der Waals surface area contributed by atoms with Gasteiger partial charge in [-0.25, -0.2) is 8.42 Å². The normalized spacial score (nSPS) is 11.2. The van der Waals surface area contributed by atoms with Crippen LogP contribution in [0.15, 0.2) is 18.2 Å². The molecule has 0 aliphatic heterocycles. The summed E-state index contributed by atoms with van der Waals surface area (Å²) < 4.78 is 25.2. The Bertz CT molecular complexity index is 530. The lowest BCUT2D eigenvalue weighted by Gasteiger charge is -2.07. The highest BCUT2D eigenvalue weighted by molar-refractivity contribution is 7.92. The average Bonchev–Trinajstić information content (AvgIpc) is 2.15. The molecule has 0 spiro atoms. The summed E-state index contributed by atoms with van der Waals surface area (Å²) in [6, 6.07) is 3.68. The Hall–Kier alpha value is -1.34. The fourth-order valence-corrected chi connectivity index (χ4v) is 2.59. The van der Waals surface area contributed by atoms with E-state index in [1.807, 2.05) is 0 Å². The Kier molecular flexibility index (Phi) is 4.30. The molecule has 17 heavy (non-hydrogen) atoms. The molecule has 0 aliphatic rings. The summed E-state index contributed by atoms with van der Waals surface area (Å²) in [6.07, 6.45) is 0.482. The summed E-state index contributed by atoms with van der Waals surface area (Å²) in [5.74, 6) is -0.0123. The molecule has 0 bridgehead atoms. The van der Waals surface area contributed by atoms with Crippen LogP contribution in [0.4, 0.5) is 11.4 Å². The van der Waals surface area contributed by atoms with Crippen molar-refractivity contribution in [1.82, 2.24) is 0 Å². The van der Waals surface area contributed by atoms with Crippen molar-refractivity contribution >= 4 is 33.0 Å². The van der Waals surface area contributed by atoms with Gasteiger partial charge < -0.3 is 0 Å². The fourth-order valence-electron chi connectivity index (χ4n) is 1.22. The molecule has 0 heterocycles. The lowest BCUT2D eigenvalue weighted by Crippen LogP contribution is -2.16. The fraction of sp³-hybridized carbons (Fsp3) is 0.333. The standard InChI is InChI=1S/C9H11ClN2O4S/c1-2-5-17(15,16)11-7-3-4-9(12(13)14)8(10)6-7/h3-4,6,11H,2,5H2,1H3. The molecule has 0 aliphatic carbocycles. The Balaban J connectivity index is 2.96. The zero-order chi connectivity index (χ0) is 13.1. The smallest absolute Gasteiger partial charge is 0.283 e. The van der Waals surface area contributed by atoms with Crippen molar-refractivity contribution in [2.24, 2.45) is 0 Å². The molecule has 0 aromatic heterocycles. The van der Waals surface area contributed by atoms with E-state index in [2.05, 4.69) is 4.72 Å². The molecule has 1 N–H and O–H groups in total. The number of nitro benzene ring substituents is 1. The highest BCUT2D eigenvalue weighted by Crippen LogP contribution is 2.27. The third-order valence-electron chi connectivity index (χ3n) is 1.89. The summed E-state index contributed by atoms with van der Waals surface area (Å²) in [7, 11) is -3.41. The van der Waals surface area contributed by atoms with Gasteiger partial charge in [0.2, 0.25) is 10.0 Å². The summed E-state index contributed by atoms with van der Waals surface area (Å²) in [5.41, 5.74) is -0.0424. The molecular weight excluding hydrogens is 268 g/mol. The Morgan fingerprint density at radius 1 is 1.47 bits per heavy atom. The van der Waals surface area contributed by atoms with E-state index in [9.17, 15) is 18.5 Å². The van der Waals surface area contributed by atoms with Crippen LogP contribution < -0.4 is 4.72 Å². The van der Waals surface area contributed by atoms with Crippen LogP contribution in [0.25, 0.3) is 0 Å².